The van der Waals surface area contributed by atoms with Crippen molar-refractivity contribution in [2.75, 3.05) is 11.5 Å². The molecule has 9 nitrogen and oxygen atoms in total. The monoisotopic (exact) mass is 414 g/mol. The number of hydrogen-bond donors (Lipinski definition) is 5. The minimum atomic E-state index is -1.58. The first-order valence-electron chi connectivity index (χ1n) is 9.75. The molecule has 3 aliphatic heterocycles. The normalized spacial score (nSPS) is 34.3. The largest absolute Gasteiger partial charge is 0.394 e. The number of aliphatic hydroxyl groups is 4. The molecule has 0 spiro atoms. The van der Waals surface area contributed by atoms with Crippen molar-refractivity contribution < 1.29 is 34.7 Å². The van der Waals surface area contributed by atoms with E-state index < -0.39 is 43.3 Å². The second-order valence-electron chi connectivity index (χ2n) is 7.63. The molecule has 2 fully saturated rings. The fourth-order valence-electron chi connectivity index (χ4n) is 4.20. The Morgan fingerprint density at radius 2 is 1.43 bits per heavy atom. The van der Waals surface area contributed by atoms with Crippen molar-refractivity contribution in [3.8, 4) is 0 Å². The molecule has 9 heteroatoms. The van der Waals surface area contributed by atoms with E-state index in [1.54, 1.807) is 0 Å². The second kappa shape index (κ2) is 7.31. The molecular formula is C21H22N2O7. The van der Waals surface area contributed by atoms with Crippen LogP contribution in [0.15, 0.2) is 48.5 Å². The number of hydrogen-bond acceptors (Lipinski definition) is 7. The van der Waals surface area contributed by atoms with Crippen molar-refractivity contribution in [2.24, 2.45) is 0 Å². The third kappa shape index (κ3) is 2.99. The standard InChI is InChI=1S/C21H22N2O7/c24-9-14-15(25)16(26)17(27)20(29-14)22-21(28)23-12-7-3-1-5-10(12)18-19(30-18)11-6-2-4-8-13(11)23/h1-8,14-20,24-27H,9H2,(H,22,28)/t14-,15-,16+,17-,18?,19?,20-/m1/s1. The van der Waals surface area contributed by atoms with Gasteiger partial charge in [-0.05, 0) is 12.1 Å². The van der Waals surface area contributed by atoms with Crippen molar-refractivity contribution in [2.45, 2.75) is 42.9 Å². The highest BCUT2D eigenvalue weighted by Crippen LogP contribution is 2.58. The Labute approximate surface area is 172 Å². The Kier molecular flexibility index (Phi) is 4.73. The van der Waals surface area contributed by atoms with Crippen LogP contribution in [0.1, 0.15) is 23.3 Å². The number of carbonyl (C=O) groups is 1. The lowest BCUT2D eigenvalue weighted by molar-refractivity contribution is -0.233. The first-order chi connectivity index (χ1) is 14.5. The first-order valence-corrected chi connectivity index (χ1v) is 9.75. The molecule has 2 aromatic rings. The molecule has 3 aliphatic rings. The van der Waals surface area contributed by atoms with Gasteiger partial charge in [-0.3, -0.25) is 4.90 Å². The fraction of sp³-hybridized carbons (Fsp3) is 0.381. The molecular weight excluding hydrogens is 392 g/mol. The minimum Gasteiger partial charge on any atom is -0.394 e. The summed E-state index contributed by atoms with van der Waals surface area (Å²) in [5.41, 5.74) is 3.00. The molecule has 3 heterocycles. The molecule has 2 saturated heterocycles. The Bertz CT molecular complexity index is 916. The maximum Gasteiger partial charge on any atom is 0.328 e. The van der Waals surface area contributed by atoms with Gasteiger partial charge < -0.3 is 35.2 Å². The van der Waals surface area contributed by atoms with E-state index in [4.69, 9.17) is 9.47 Å². The molecule has 2 aromatic carbocycles. The molecule has 158 valence electrons. The van der Waals surface area contributed by atoms with Crippen LogP contribution < -0.4 is 10.2 Å². The summed E-state index contributed by atoms with van der Waals surface area (Å²) in [4.78, 5) is 14.9. The number of carbonyl (C=O) groups excluding carboxylic acids is 1. The fourth-order valence-corrected chi connectivity index (χ4v) is 4.20. The molecule has 0 saturated carbocycles. The van der Waals surface area contributed by atoms with Crippen LogP contribution in [0, 0.1) is 0 Å². The van der Waals surface area contributed by atoms with Crippen LogP contribution in [-0.4, -0.2) is 63.7 Å². The summed E-state index contributed by atoms with van der Waals surface area (Å²) in [5.74, 6) is 0. The summed E-state index contributed by atoms with van der Waals surface area (Å²) in [7, 11) is 0. The SMILES string of the molecule is O=C(N[C@@H]1O[C@H](CO)[C@@H](O)[C@H](O)[C@H]1O)N1c2ccccc2C2OC2c2ccccc21. The summed E-state index contributed by atoms with van der Waals surface area (Å²) in [6, 6.07) is 14.2. The van der Waals surface area contributed by atoms with Gasteiger partial charge in [0, 0.05) is 11.1 Å². The van der Waals surface area contributed by atoms with Gasteiger partial charge in [0.25, 0.3) is 0 Å². The van der Waals surface area contributed by atoms with E-state index in [0.717, 1.165) is 11.1 Å². The second-order valence-corrected chi connectivity index (χ2v) is 7.63. The number of nitrogens with zero attached hydrogens (tertiary/aromatic N) is 1. The summed E-state index contributed by atoms with van der Waals surface area (Å²) < 4.78 is 11.3. The van der Waals surface area contributed by atoms with E-state index in [-0.39, 0.29) is 12.2 Å². The molecule has 0 radical (unpaired) electrons. The van der Waals surface area contributed by atoms with E-state index in [1.165, 1.54) is 4.90 Å². The van der Waals surface area contributed by atoms with Gasteiger partial charge in [-0.2, -0.15) is 0 Å². The van der Waals surface area contributed by atoms with Gasteiger partial charge in [-0.25, -0.2) is 4.79 Å². The zero-order valence-electron chi connectivity index (χ0n) is 15.8. The van der Waals surface area contributed by atoms with Crippen LogP contribution in [-0.2, 0) is 9.47 Å². The minimum absolute atomic E-state index is 0.146. The lowest BCUT2D eigenvalue weighted by atomic mass is 9.98. The topological polar surface area (TPSA) is 135 Å². The predicted molar refractivity (Wildman–Crippen MR) is 104 cm³/mol. The summed E-state index contributed by atoms with van der Waals surface area (Å²) in [6.07, 6.45) is -7.37. The van der Waals surface area contributed by atoms with Crippen LogP contribution in [0.3, 0.4) is 0 Å². The lowest BCUT2D eigenvalue weighted by Crippen LogP contribution is -2.64. The van der Waals surface area contributed by atoms with E-state index in [9.17, 15) is 25.2 Å². The van der Waals surface area contributed by atoms with Crippen molar-refractivity contribution in [1.29, 1.82) is 0 Å². The van der Waals surface area contributed by atoms with Gasteiger partial charge in [0.05, 0.1) is 18.0 Å². The van der Waals surface area contributed by atoms with Crippen LogP contribution in [0.2, 0.25) is 0 Å². The van der Waals surface area contributed by atoms with E-state index >= 15 is 0 Å². The third-order valence-electron chi connectivity index (χ3n) is 5.82. The van der Waals surface area contributed by atoms with Gasteiger partial charge in [-0.1, -0.05) is 36.4 Å². The first kappa shape index (κ1) is 19.4. The van der Waals surface area contributed by atoms with Gasteiger partial charge in [0.1, 0.15) is 36.6 Å². The average Bonchev–Trinajstić information content (AvgIpc) is 3.56. The Morgan fingerprint density at radius 3 is 2.00 bits per heavy atom. The maximum absolute atomic E-state index is 13.4. The molecule has 2 unspecified atom stereocenters. The van der Waals surface area contributed by atoms with Crippen molar-refractivity contribution >= 4 is 17.4 Å². The number of anilines is 2. The third-order valence-corrected chi connectivity index (χ3v) is 5.82. The van der Waals surface area contributed by atoms with Crippen molar-refractivity contribution in [3.05, 3.63) is 59.7 Å². The molecule has 30 heavy (non-hydrogen) atoms. The van der Waals surface area contributed by atoms with Crippen molar-refractivity contribution in [1.82, 2.24) is 5.32 Å². The predicted octanol–water partition coefficient (Wildman–Crippen LogP) is 0.460. The number of amides is 2. The van der Waals surface area contributed by atoms with Crippen LogP contribution in [0.5, 0.6) is 0 Å². The number of rotatable bonds is 2. The number of urea groups is 1. The lowest BCUT2D eigenvalue weighted by Gasteiger charge is -2.40. The summed E-state index contributed by atoms with van der Waals surface area (Å²) in [6.45, 7) is -0.576. The van der Waals surface area contributed by atoms with Gasteiger partial charge >= 0.3 is 6.03 Å². The van der Waals surface area contributed by atoms with Gasteiger partial charge in [0.2, 0.25) is 0 Å². The van der Waals surface area contributed by atoms with Gasteiger partial charge in [0.15, 0.2) is 6.23 Å². The van der Waals surface area contributed by atoms with Crippen LogP contribution in [0.25, 0.3) is 0 Å². The molecule has 0 aromatic heterocycles. The molecule has 2 amide bonds. The number of ether oxygens (including phenoxy) is 2. The molecule has 7 atom stereocenters. The van der Waals surface area contributed by atoms with Crippen LogP contribution in [0.4, 0.5) is 16.2 Å². The molecule has 5 N–H and O–H groups in total. The van der Waals surface area contributed by atoms with Crippen molar-refractivity contribution in [3.63, 3.8) is 0 Å². The number of benzene rings is 2. The average molecular weight is 414 g/mol. The quantitative estimate of drug-likeness (QED) is 0.451. The maximum atomic E-state index is 13.4. The number of aliphatic hydroxyl groups excluding tert-OH is 4. The van der Waals surface area contributed by atoms with Gasteiger partial charge in [-0.15, -0.1) is 0 Å². The zero-order chi connectivity index (χ0) is 21.0. The summed E-state index contributed by atoms with van der Waals surface area (Å²) >= 11 is 0. The smallest absolute Gasteiger partial charge is 0.328 e. The van der Waals surface area contributed by atoms with E-state index in [1.807, 2.05) is 48.5 Å². The number of fused-ring (bicyclic) bond motifs is 5. The zero-order valence-corrected chi connectivity index (χ0v) is 15.8. The highest BCUT2D eigenvalue weighted by atomic mass is 16.6. The van der Waals surface area contributed by atoms with E-state index in [0.29, 0.717) is 11.4 Å². The van der Waals surface area contributed by atoms with E-state index in [2.05, 4.69) is 5.32 Å². The molecule has 0 aliphatic carbocycles. The molecule has 0 bridgehead atoms. The highest BCUT2D eigenvalue weighted by molar-refractivity contribution is 6.01. The Balaban J connectivity index is 1.50. The molecule has 5 rings (SSSR count). The number of epoxide rings is 1. The highest BCUT2D eigenvalue weighted by Gasteiger charge is 2.49. The Hall–Kier alpha value is -2.53. The Morgan fingerprint density at radius 1 is 0.867 bits per heavy atom. The number of nitrogens with one attached hydrogen (secondary N) is 1. The van der Waals surface area contributed by atoms with Crippen LogP contribution >= 0.6 is 0 Å². The number of para-hydroxylation sites is 2. The summed E-state index contributed by atoms with van der Waals surface area (Å²) in [5, 5.41) is 42.2.